The average Bonchev–Trinajstić information content (AvgIpc) is 2.52. The van der Waals surface area contributed by atoms with Gasteiger partial charge in [0.05, 0.1) is 0 Å². The van der Waals surface area contributed by atoms with Gasteiger partial charge in [-0.15, -0.1) is 0 Å². The molecule has 0 aliphatic heterocycles. The summed E-state index contributed by atoms with van der Waals surface area (Å²) < 4.78 is 5.55. The van der Waals surface area contributed by atoms with E-state index in [1.54, 1.807) is 4.90 Å². The molecule has 0 saturated heterocycles. The van der Waals surface area contributed by atoms with Gasteiger partial charge in [0, 0.05) is 0 Å². The summed E-state index contributed by atoms with van der Waals surface area (Å²) in [6.07, 6.45) is 0.466. The molecular formula is C20H26BNO4. The maximum atomic E-state index is 12.5. The maximum Gasteiger partial charge on any atom is -0.870 e. The number of hydrogen-bond acceptors (Lipinski definition) is 4. The van der Waals surface area contributed by atoms with Crippen molar-refractivity contribution in [2.75, 3.05) is 6.54 Å². The second kappa shape index (κ2) is 10.6. The Kier molecular flexibility index (Phi) is 9.69. The molecule has 0 aliphatic carbocycles. The molecule has 26 heavy (non-hydrogen) atoms. The van der Waals surface area contributed by atoms with Crippen molar-refractivity contribution in [1.29, 1.82) is 0 Å². The van der Waals surface area contributed by atoms with Crippen molar-refractivity contribution in [1.82, 2.24) is 4.90 Å². The zero-order chi connectivity index (χ0) is 17.6. The van der Waals surface area contributed by atoms with Gasteiger partial charge in [-0.05, 0) is 0 Å². The van der Waals surface area contributed by atoms with Crippen LogP contribution in [0.2, 0.25) is 0 Å². The molecule has 0 unspecified atom stereocenters. The van der Waals surface area contributed by atoms with Gasteiger partial charge >= 0.3 is 145 Å². The van der Waals surface area contributed by atoms with E-state index in [9.17, 15) is 4.79 Å². The molecule has 2 N–H and O–H groups in total. The van der Waals surface area contributed by atoms with Gasteiger partial charge in [-0.2, -0.15) is 0 Å². The standard InChI is InChI=1S/C20H24BNO2.2H2O/c1-20(2,3)24-19(23)22(15-17-7-5-4-6-8-17)14-13-16-9-11-18(21)12-10-16;;/h4-12H,13-15H2,1-3H3;2*1H2/q+2;;/p-2. The first-order valence-electron chi connectivity index (χ1n) is 8.20. The number of carbonyl (C=O) groups excluding carboxylic acids is 1. The second-order valence-corrected chi connectivity index (χ2v) is 6.88. The van der Waals surface area contributed by atoms with E-state index in [2.05, 4.69) is 0 Å². The second-order valence-electron chi connectivity index (χ2n) is 6.88. The predicted molar refractivity (Wildman–Crippen MR) is 102 cm³/mol. The van der Waals surface area contributed by atoms with Crippen LogP contribution in [0.3, 0.4) is 0 Å². The van der Waals surface area contributed by atoms with E-state index in [0.29, 0.717) is 13.1 Å². The summed E-state index contributed by atoms with van der Waals surface area (Å²) in [4.78, 5) is 14.3. The van der Waals surface area contributed by atoms with Crippen LogP contribution < -0.4 is 5.46 Å². The van der Waals surface area contributed by atoms with Crippen LogP contribution in [0.5, 0.6) is 0 Å². The van der Waals surface area contributed by atoms with E-state index in [0.717, 1.165) is 23.0 Å². The van der Waals surface area contributed by atoms with Crippen LogP contribution in [0.25, 0.3) is 0 Å². The molecular weight excluding hydrogens is 329 g/mol. The average molecular weight is 355 g/mol. The molecule has 2 aromatic rings. The minimum atomic E-state index is -0.507. The monoisotopic (exact) mass is 355 g/mol. The van der Waals surface area contributed by atoms with Crippen LogP contribution >= 0.6 is 0 Å². The number of amides is 1. The van der Waals surface area contributed by atoms with Gasteiger partial charge in [-0.25, -0.2) is 0 Å². The van der Waals surface area contributed by atoms with Gasteiger partial charge in [-0.3, -0.25) is 0 Å². The summed E-state index contributed by atoms with van der Waals surface area (Å²) in [5, 5.41) is 0. The van der Waals surface area contributed by atoms with E-state index in [4.69, 9.17) is 12.6 Å². The molecule has 5 nitrogen and oxygen atoms in total. The van der Waals surface area contributed by atoms with E-state index in [1.807, 2.05) is 75.4 Å². The van der Waals surface area contributed by atoms with Crippen molar-refractivity contribution >= 4 is 19.4 Å². The molecule has 138 valence electrons. The van der Waals surface area contributed by atoms with Gasteiger partial charge in [0.2, 0.25) is 0 Å². The molecule has 2 rings (SSSR count). The van der Waals surface area contributed by atoms with Crippen molar-refractivity contribution in [2.45, 2.75) is 39.3 Å². The zero-order valence-corrected chi connectivity index (χ0v) is 15.6. The Balaban J connectivity index is 0.00000312. The zero-order valence-electron chi connectivity index (χ0n) is 15.6. The fourth-order valence-corrected chi connectivity index (χ4v) is 2.31. The van der Waals surface area contributed by atoms with E-state index in [-0.39, 0.29) is 17.0 Å². The molecule has 0 fully saturated rings. The third-order valence-corrected chi connectivity index (χ3v) is 3.52. The Labute approximate surface area is 157 Å². The topological polar surface area (TPSA) is 89.5 Å². The molecule has 0 spiro atoms. The largest absolute Gasteiger partial charge is 0.870 e. The van der Waals surface area contributed by atoms with Gasteiger partial charge < -0.3 is 11.0 Å². The first kappa shape index (κ1) is 23.7. The molecule has 0 aromatic heterocycles. The Hall–Kier alpha value is -2.31. The van der Waals surface area contributed by atoms with Crippen molar-refractivity contribution in [3.8, 4) is 0 Å². The van der Waals surface area contributed by atoms with Crippen LogP contribution in [-0.4, -0.2) is 41.9 Å². The van der Waals surface area contributed by atoms with Gasteiger partial charge in [-0.1, -0.05) is 0 Å². The first-order chi connectivity index (χ1) is 11.3. The van der Waals surface area contributed by atoms with Crippen molar-refractivity contribution in [2.24, 2.45) is 0 Å². The van der Waals surface area contributed by atoms with Crippen LogP contribution in [0.1, 0.15) is 31.9 Å². The molecule has 0 atom stereocenters. The smallest absolute Gasteiger partial charge is 0.870 e. The fraction of sp³-hybridized carbons (Fsp3) is 0.350. The Morgan fingerprint density at radius 1 is 0.962 bits per heavy atom. The number of benzene rings is 2. The SMILES string of the molecule is [B+2]c1ccc(CCN(Cc2ccccc2)C(=O)OC(C)(C)C)cc1.[OH-].[OH-]. The predicted octanol–water partition coefficient (Wildman–Crippen LogP) is 3.11. The van der Waals surface area contributed by atoms with E-state index >= 15 is 0 Å². The van der Waals surface area contributed by atoms with Crippen molar-refractivity contribution < 1.29 is 20.5 Å². The van der Waals surface area contributed by atoms with E-state index < -0.39 is 5.60 Å². The van der Waals surface area contributed by atoms with Crippen LogP contribution in [0, 0.1) is 0 Å². The summed E-state index contributed by atoms with van der Waals surface area (Å²) in [6.45, 7) is 6.77. The Morgan fingerprint density at radius 3 is 2.08 bits per heavy atom. The van der Waals surface area contributed by atoms with Crippen molar-refractivity contribution in [3.05, 3.63) is 65.7 Å². The number of ether oxygens (including phenoxy) is 1. The molecule has 0 radical (unpaired) electrons. The minimum Gasteiger partial charge on any atom is -0.870 e. The molecule has 0 heterocycles. The van der Waals surface area contributed by atoms with Crippen molar-refractivity contribution in [3.63, 3.8) is 0 Å². The summed E-state index contributed by atoms with van der Waals surface area (Å²) in [7, 11) is 5.72. The normalized spacial score (nSPS) is 10.3. The molecule has 0 bridgehead atoms. The summed E-state index contributed by atoms with van der Waals surface area (Å²) >= 11 is 0. The minimum absolute atomic E-state index is 0. The van der Waals surface area contributed by atoms with Gasteiger partial charge in [0.15, 0.2) is 0 Å². The van der Waals surface area contributed by atoms with Crippen LogP contribution in [0.15, 0.2) is 54.6 Å². The summed E-state index contributed by atoms with van der Waals surface area (Å²) in [5.41, 5.74) is 2.46. The van der Waals surface area contributed by atoms with E-state index in [1.165, 1.54) is 0 Å². The summed E-state index contributed by atoms with van der Waals surface area (Å²) in [5.74, 6) is 0. The molecule has 6 heteroatoms. The Morgan fingerprint density at radius 2 is 1.54 bits per heavy atom. The third-order valence-electron chi connectivity index (χ3n) is 3.52. The molecule has 1 amide bonds. The summed E-state index contributed by atoms with van der Waals surface area (Å²) in [6, 6.07) is 17.7. The third kappa shape index (κ3) is 8.18. The van der Waals surface area contributed by atoms with Gasteiger partial charge in [0.25, 0.3) is 0 Å². The molecule has 2 aromatic carbocycles. The quantitative estimate of drug-likeness (QED) is 0.771. The van der Waals surface area contributed by atoms with Crippen LogP contribution in [0.4, 0.5) is 4.79 Å². The molecule has 0 aliphatic rings. The maximum absolute atomic E-state index is 12.5. The number of carbonyl (C=O) groups is 1. The number of rotatable bonds is 5. The van der Waals surface area contributed by atoms with Gasteiger partial charge in [0.1, 0.15) is 0 Å². The Bertz CT molecular complexity index is 654. The number of nitrogens with zero attached hydrogens (tertiary/aromatic N) is 1. The van der Waals surface area contributed by atoms with Crippen LogP contribution in [-0.2, 0) is 17.7 Å². The number of hydrogen-bond donors (Lipinski definition) is 0. The first-order valence-corrected chi connectivity index (χ1v) is 8.20. The fourth-order valence-electron chi connectivity index (χ4n) is 2.31. The molecule has 0 saturated carbocycles.